The summed E-state index contributed by atoms with van der Waals surface area (Å²) in [7, 11) is 0. The second-order valence-electron chi connectivity index (χ2n) is 3.87. The largest absolute Gasteiger partial charge is 0.350 e. The van der Waals surface area contributed by atoms with Crippen LogP contribution < -0.4 is 5.32 Å². The van der Waals surface area contributed by atoms with Gasteiger partial charge in [0.25, 0.3) is 5.91 Å². The van der Waals surface area contributed by atoms with Crippen molar-refractivity contribution in [2.45, 2.75) is 19.3 Å². The van der Waals surface area contributed by atoms with Crippen molar-refractivity contribution in [3.8, 4) is 0 Å². The van der Waals surface area contributed by atoms with Crippen LogP contribution in [-0.2, 0) is 0 Å². The lowest BCUT2D eigenvalue weighted by Crippen LogP contribution is -2.32. The van der Waals surface area contributed by atoms with Gasteiger partial charge in [-0.3, -0.25) is 4.79 Å². The minimum Gasteiger partial charge on any atom is -0.350 e. The third kappa shape index (κ3) is 2.78. The maximum Gasteiger partial charge on any atom is 0.269 e. The Kier molecular flexibility index (Phi) is 3.36. The van der Waals surface area contributed by atoms with E-state index in [1.165, 1.54) is 19.3 Å². The normalized spacial score (nSPS) is 15.8. The van der Waals surface area contributed by atoms with E-state index in [1.54, 1.807) is 12.3 Å². The van der Waals surface area contributed by atoms with Crippen LogP contribution in [0.15, 0.2) is 22.8 Å². The van der Waals surface area contributed by atoms with E-state index in [2.05, 4.69) is 26.2 Å². The van der Waals surface area contributed by atoms with Gasteiger partial charge in [-0.05, 0) is 46.8 Å². The molecule has 4 heteroatoms. The number of rotatable bonds is 3. The van der Waals surface area contributed by atoms with Crippen molar-refractivity contribution in [3.63, 3.8) is 0 Å². The molecule has 0 bridgehead atoms. The fraction of sp³-hybridized carbons (Fsp3) is 0.455. The minimum atomic E-state index is -0.0746. The monoisotopic (exact) mass is 268 g/mol. The summed E-state index contributed by atoms with van der Waals surface area (Å²) in [5, 5.41) is 2.90. The van der Waals surface area contributed by atoms with Crippen molar-refractivity contribution in [3.05, 3.63) is 28.5 Å². The summed E-state index contributed by atoms with van der Waals surface area (Å²) < 4.78 is 0.887. The van der Waals surface area contributed by atoms with Crippen LogP contribution >= 0.6 is 15.9 Å². The van der Waals surface area contributed by atoms with Crippen LogP contribution in [0.4, 0.5) is 0 Å². The van der Waals surface area contributed by atoms with Crippen LogP contribution in [0.3, 0.4) is 0 Å². The summed E-state index contributed by atoms with van der Waals surface area (Å²) in [5.41, 5.74) is 0.484. The highest BCUT2D eigenvalue weighted by Gasteiger charge is 2.18. The van der Waals surface area contributed by atoms with E-state index in [0.717, 1.165) is 11.0 Å². The Morgan fingerprint density at radius 2 is 2.33 bits per heavy atom. The standard InChI is InChI=1S/C11H13BrN2O/c12-9-4-5-10(13-7-9)11(15)14-6-8-2-1-3-8/h4-5,7-8H,1-3,6H2,(H,14,15). The predicted molar refractivity (Wildman–Crippen MR) is 61.6 cm³/mol. The van der Waals surface area contributed by atoms with Crippen LogP contribution in [0.2, 0.25) is 0 Å². The van der Waals surface area contributed by atoms with Gasteiger partial charge >= 0.3 is 0 Å². The molecule has 0 radical (unpaired) electrons. The maximum atomic E-state index is 11.6. The lowest BCUT2D eigenvalue weighted by Gasteiger charge is -2.25. The molecular weight excluding hydrogens is 256 g/mol. The van der Waals surface area contributed by atoms with Gasteiger partial charge in [0.15, 0.2) is 0 Å². The third-order valence-electron chi connectivity index (χ3n) is 2.74. The molecule has 1 amide bonds. The number of carbonyl (C=O) groups excluding carboxylic acids is 1. The van der Waals surface area contributed by atoms with E-state index in [0.29, 0.717) is 11.6 Å². The number of nitrogens with zero attached hydrogens (tertiary/aromatic N) is 1. The van der Waals surface area contributed by atoms with Crippen LogP contribution in [-0.4, -0.2) is 17.4 Å². The zero-order valence-corrected chi connectivity index (χ0v) is 9.96. The molecule has 0 aromatic carbocycles. The number of carbonyl (C=O) groups is 1. The SMILES string of the molecule is O=C(NCC1CCC1)c1ccc(Br)cn1. The number of aromatic nitrogens is 1. The zero-order valence-electron chi connectivity index (χ0n) is 8.37. The molecule has 1 aromatic rings. The lowest BCUT2D eigenvalue weighted by atomic mass is 9.85. The molecule has 1 aliphatic carbocycles. The van der Waals surface area contributed by atoms with Crippen molar-refractivity contribution >= 4 is 21.8 Å². The van der Waals surface area contributed by atoms with Gasteiger partial charge in [-0.1, -0.05) is 6.42 Å². The first-order valence-electron chi connectivity index (χ1n) is 5.15. The Balaban J connectivity index is 1.86. The minimum absolute atomic E-state index is 0.0746. The number of hydrogen-bond donors (Lipinski definition) is 1. The molecule has 1 aromatic heterocycles. The Hall–Kier alpha value is -0.900. The van der Waals surface area contributed by atoms with Crippen LogP contribution in [0.1, 0.15) is 29.8 Å². The van der Waals surface area contributed by atoms with Crippen LogP contribution in [0.25, 0.3) is 0 Å². The average Bonchev–Trinajstić information content (AvgIpc) is 2.16. The van der Waals surface area contributed by atoms with Gasteiger partial charge in [0, 0.05) is 17.2 Å². The van der Waals surface area contributed by atoms with Gasteiger partial charge < -0.3 is 5.32 Å². The summed E-state index contributed by atoms with van der Waals surface area (Å²) in [6.45, 7) is 0.788. The van der Waals surface area contributed by atoms with Gasteiger partial charge in [0.1, 0.15) is 5.69 Å². The molecule has 1 heterocycles. The second kappa shape index (κ2) is 4.75. The van der Waals surface area contributed by atoms with E-state index < -0.39 is 0 Å². The molecule has 0 spiro atoms. The highest BCUT2D eigenvalue weighted by atomic mass is 79.9. The molecular formula is C11H13BrN2O. The summed E-state index contributed by atoms with van der Waals surface area (Å²) in [6.07, 6.45) is 5.43. The number of hydrogen-bond acceptors (Lipinski definition) is 2. The number of pyridine rings is 1. The van der Waals surface area contributed by atoms with Crippen LogP contribution in [0, 0.1) is 5.92 Å². The van der Waals surface area contributed by atoms with Crippen LogP contribution in [0.5, 0.6) is 0 Å². The molecule has 0 atom stereocenters. The first kappa shape index (κ1) is 10.6. The fourth-order valence-corrected chi connectivity index (χ4v) is 1.77. The summed E-state index contributed by atoms with van der Waals surface area (Å²) in [6, 6.07) is 3.55. The van der Waals surface area contributed by atoms with E-state index in [4.69, 9.17) is 0 Å². The highest BCUT2D eigenvalue weighted by molar-refractivity contribution is 9.10. The fourth-order valence-electron chi connectivity index (χ4n) is 1.53. The van der Waals surface area contributed by atoms with Crippen molar-refractivity contribution < 1.29 is 4.79 Å². The first-order chi connectivity index (χ1) is 7.25. The molecule has 0 saturated heterocycles. The predicted octanol–water partition coefficient (Wildman–Crippen LogP) is 2.37. The molecule has 15 heavy (non-hydrogen) atoms. The summed E-state index contributed by atoms with van der Waals surface area (Å²) in [4.78, 5) is 15.7. The van der Waals surface area contributed by atoms with Crippen molar-refractivity contribution in [2.24, 2.45) is 5.92 Å². The number of nitrogens with one attached hydrogen (secondary N) is 1. The average molecular weight is 269 g/mol. The molecule has 0 unspecified atom stereocenters. The number of halogens is 1. The Morgan fingerprint density at radius 3 is 2.87 bits per heavy atom. The van der Waals surface area contributed by atoms with Gasteiger partial charge in [0.2, 0.25) is 0 Å². The smallest absolute Gasteiger partial charge is 0.269 e. The molecule has 3 nitrogen and oxygen atoms in total. The van der Waals surface area contributed by atoms with Crippen molar-refractivity contribution in [2.75, 3.05) is 6.54 Å². The molecule has 80 valence electrons. The maximum absolute atomic E-state index is 11.6. The Bertz CT molecular complexity index is 346. The van der Waals surface area contributed by atoms with Crippen molar-refractivity contribution in [1.29, 1.82) is 0 Å². The molecule has 2 rings (SSSR count). The van der Waals surface area contributed by atoms with E-state index in [-0.39, 0.29) is 5.91 Å². The molecule has 1 saturated carbocycles. The summed E-state index contributed by atoms with van der Waals surface area (Å²) >= 11 is 3.28. The molecule has 1 aliphatic rings. The first-order valence-corrected chi connectivity index (χ1v) is 5.95. The molecule has 1 fully saturated rings. The van der Waals surface area contributed by atoms with Gasteiger partial charge in [-0.15, -0.1) is 0 Å². The number of amides is 1. The highest BCUT2D eigenvalue weighted by Crippen LogP contribution is 2.25. The topological polar surface area (TPSA) is 42.0 Å². The Morgan fingerprint density at radius 1 is 1.53 bits per heavy atom. The van der Waals surface area contributed by atoms with Gasteiger partial charge in [-0.2, -0.15) is 0 Å². The second-order valence-corrected chi connectivity index (χ2v) is 4.78. The lowest BCUT2D eigenvalue weighted by molar-refractivity contribution is 0.0934. The van der Waals surface area contributed by atoms with E-state index >= 15 is 0 Å². The molecule has 0 aliphatic heterocycles. The van der Waals surface area contributed by atoms with Gasteiger partial charge in [-0.25, -0.2) is 4.98 Å². The van der Waals surface area contributed by atoms with Crippen molar-refractivity contribution in [1.82, 2.24) is 10.3 Å². The van der Waals surface area contributed by atoms with E-state index in [9.17, 15) is 4.79 Å². The Labute approximate surface area is 97.4 Å². The molecule has 1 N–H and O–H groups in total. The zero-order chi connectivity index (χ0) is 10.7. The third-order valence-corrected chi connectivity index (χ3v) is 3.21. The summed E-state index contributed by atoms with van der Waals surface area (Å²) in [5.74, 6) is 0.610. The van der Waals surface area contributed by atoms with Gasteiger partial charge in [0.05, 0.1) is 0 Å². The van der Waals surface area contributed by atoms with E-state index in [1.807, 2.05) is 6.07 Å². The quantitative estimate of drug-likeness (QED) is 0.915.